The third-order valence-electron chi connectivity index (χ3n) is 4.77. The number of carbonyl (C=O) groups excluding carboxylic acids is 1. The summed E-state index contributed by atoms with van der Waals surface area (Å²) in [4.78, 5) is 13.9. The molecule has 1 heterocycles. The number of nitrogens with one attached hydrogen (secondary N) is 1. The molecule has 1 fully saturated rings. The lowest BCUT2D eigenvalue weighted by atomic mass is 10.1. The molecule has 2 aromatic carbocycles. The Morgan fingerprint density at radius 2 is 1.93 bits per heavy atom. The number of halogens is 1. The van der Waals surface area contributed by atoms with E-state index < -0.39 is 0 Å². The zero-order chi connectivity index (χ0) is 20.6. The van der Waals surface area contributed by atoms with Gasteiger partial charge >= 0.3 is 0 Å². The van der Waals surface area contributed by atoms with Crippen LogP contribution >= 0.6 is 0 Å². The maximum Gasteiger partial charge on any atom is 0.277 e. The van der Waals surface area contributed by atoms with Crippen LogP contribution in [-0.2, 0) is 16.0 Å². The average Bonchev–Trinajstić information content (AvgIpc) is 2.76. The largest absolute Gasteiger partial charge is 0.484 e. The van der Waals surface area contributed by atoms with Crippen molar-refractivity contribution in [3.63, 3.8) is 0 Å². The second-order valence-corrected chi connectivity index (χ2v) is 6.78. The van der Waals surface area contributed by atoms with Gasteiger partial charge in [-0.2, -0.15) is 5.10 Å². The van der Waals surface area contributed by atoms with Gasteiger partial charge in [0.2, 0.25) is 0 Å². The summed E-state index contributed by atoms with van der Waals surface area (Å²) in [6.45, 7) is 6.17. The van der Waals surface area contributed by atoms with Crippen molar-refractivity contribution >= 4 is 17.3 Å². The first-order chi connectivity index (χ1) is 14.1. The smallest absolute Gasteiger partial charge is 0.277 e. The Morgan fingerprint density at radius 1 is 1.21 bits per heavy atom. The molecule has 1 aliphatic rings. The molecule has 29 heavy (non-hydrogen) atoms. The molecule has 1 N–H and O–H groups in total. The Kier molecular flexibility index (Phi) is 7.19. The van der Waals surface area contributed by atoms with Crippen molar-refractivity contribution in [2.45, 2.75) is 20.3 Å². The summed E-state index contributed by atoms with van der Waals surface area (Å²) in [5, 5.41) is 4.05. The molecule has 3 rings (SSSR count). The highest BCUT2D eigenvalue weighted by molar-refractivity contribution is 5.99. The predicted octanol–water partition coefficient (Wildman–Crippen LogP) is 3.14. The number of morpholine rings is 1. The molecule has 1 saturated heterocycles. The molecule has 6 nitrogen and oxygen atoms in total. The van der Waals surface area contributed by atoms with Gasteiger partial charge in [0.15, 0.2) is 6.61 Å². The molecule has 1 amide bonds. The second kappa shape index (κ2) is 10.0. The normalized spacial score (nSPS) is 14.6. The minimum Gasteiger partial charge on any atom is -0.484 e. The highest BCUT2D eigenvalue weighted by Crippen LogP contribution is 2.22. The van der Waals surface area contributed by atoms with Crippen molar-refractivity contribution in [2.75, 3.05) is 37.8 Å². The number of hydrogen-bond donors (Lipinski definition) is 1. The third kappa shape index (κ3) is 5.77. The van der Waals surface area contributed by atoms with Gasteiger partial charge in [-0.15, -0.1) is 0 Å². The van der Waals surface area contributed by atoms with Crippen LogP contribution in [0.15, 0.2) is 47.6 Å². The standard InChI is InChI=1S/C22H26FN3O3/c1-3-17-4-7-19(8-5-17)29-15-22(27)25-24-16(2)18-6-9-21(20(23)14-18)26-10-12-28-13-11-26/h4-9,14H,3,10-13,15H2,1-2H3,(H,25,27)/b24-16-. The molecular weight excluding hydrogens is 373 g/mol. The molecule has 0 unspecified atom stereocenters. The molecular formula is C22H26FN3O3. The van der Waals surface area contributed by atoms with E-state index in [2.05, 4.69) is 17.5 Å². The van der Waals surface area contributed by atoms with E-state index in [9.17, 15) is 9.18 Å². The molecule has 0 saturated carbocycles. The molecule has 0 aliphatic carbocycles. The molecule has 0 aromatic heterocycles. The van der Waals surface area contributed by atoms with Gasteiger partial charge in [0.05, 0.1) is 24.6 Å². The summed E-state index contributed by atoms with van der Waals surface area (Å²) in [5.41, 5.74) is 5.32. The number of benzene rings is 2. The summed E-state index contributed by atoms with van der Waals surface area (Å²) in [7, 11) is 0. The number of amides is 1. The second-order valence-electron chi connectivity index (χ2n) is 6.78. The van der Waals surface area contributed by atoms with Crippen molar-refractivity contribution in [3.05, 3.63) is 59.4 Å². The van der Waals surface area contributed by atoms with Crippen LogP contribution < -0.4 is 15.1 Å². The monoisotopic (exact) mass is 399 g/mol. The number of aryl methyl sites for hydroxylation is 1. The van der Waals surface area contributed by atoms with Crippen molar-refractivity contribution in [2.24, 2.45) is 5.10 Å². The molecule has 154 valence electrons. The average molecular weight is 399 g/mol. The number of rotatable bonds is 7. The van der Waals surface area contributed by atoms with Crippen LogP contribution in [0.25, 0.3) is 0 Å². The van der Waals surface area contributed by atoms with Gasteiger partial charge in [-0.3, -0.25) is 4.79 Å². The first-order valence-electron chi connectivity index (χ1n) is 9.74. The molecule has 0 bridgehead atoms. The number of ether oxygens (including phenoxy) is 2. The van der Waals surface area contributed by atoms with Crippen molar-refractivity contribution in [1.29, 1.82) is 0 Å². The minimum atomic E-state index is -0.380. The number of nitrogens with zero attached hydrogens (tertiary/aromatic N) is 2. The number of anilines is 1. The maximum atomic E-state index is 14.5. The minimum absolute atomic E-state index is 0.146. The Hall–Kier alpha value is -2.93. The lowest BCUT2D eigenvalue weighted by Crippen LogP contribution is -2.36. The number of hydrazone groups is 1. The van der Waals surface area contributed by atoms with Crippen molar-refractivity contribution in [3.8, 4) is 5.75 Å². The van der Waals surface area contributed by atoms with Crippen LogP contribution in [-0.4, -0.2) is 44.5 Å². The molecule has 0 radical (unpaired) electrons. The Balaban J connectivity index is 1.54. The predicted molar refractivity (Wildman–Crippen MR) is 111 cm³/mol. The Morgan fingerprint density at radius 3 is 2.59 bits per heavy atom. The van der Waals surface area contributed by atoms with Gasteiger partial charge < -0.3 is 14.4 Å². The maximum absolute atomic E-state index is 14.5. The summed E-state index contributed by atoms with van der Waals surface area (Å²) in [6, 6.07) is 12.6. The number of hydrogen-bond acceptors (Lipinski definition) is 5. The molecule has 2 aromatic rings. The van der Waals surface area contributed by atoms with Crippen LogP contribution in [0.2, 0.25) is 0 Å². The van der Waals surface area contributed by atoms with E-state index in [0.717, 1.165) is 6.42 Å². The van der Waals surface area contributed by atoms with Gasteiger partial charge in [-0.05, 0) is 43.2 Å². The number of carbonyl (C=O) groups is 1. The van der Waals surface area contributed by atoms with Crippen molar-refractivity contribution in [1.82, 2.24) is 5.43 Å². The Bertz CT molecular complexity index is 862. The van der Waals surface area contributed by atoms with Crippen LogP contribution in [0.1, 0.15) is 25.0 Å². The first-order valence-corrected chi connectivity index (χ1v) is 9.74. The van der Waals surface area contributed by atoms with E-state index in [1.54, 1.807) is 19.1 Å². The van der Waals surface area contributed by atoms with Crippen LogP contribution in [0.4, 0.5) is 10.1 Å². The summed E-state index contributed by atoms with van der Waals surface area (Å²) in [6.07, 6.45) is 0.947. The quantitative estimate of drug-likeness (QED) is 0.574. The molecule has 1 aliphatic heterocycles. The highest BCUT2D eigenvalue weighted by Gasteiger charge is 2.15. The SMILES string of the molecule is CCc1ccc(OCC(=O)N/N=C(/C)c2ccc(N3CCOCC3)c(F)c2)cc1. The van der Waals surface area contributed by atoms with E-state index in [0.29, 0.717) is 49.0 Å². The fourth-order valence-corrected chi connectivity index (χ4v) is 3.01. The summed E-state index contributed by atoms with van der Waals surface area (Å²) < 4.78 is 25.3. The molecule has 0 spiro atoms. The highest BCUT2D eigenvalue weighted by atomic mass is 19.1. The van der Waals surface area contributed by atoms with Gasteiger partial charge in [-0.25, -0.2) is 9.82 Å². The lowest BCUT2D eigenvalue weighted by molar-refractivity contribution is -0.123. The molecule has 0 atom stereocenters. The van der Waals surface area contributed by atoms with Crippen molar-refractivity contribution < 1.29 is 18.7 Å². The first kappa shape index (κ1) is 20.8. The van der Waals surface area contributed by atoms with E-state index in [1.165, 1.54) is 11.6 Å². The third-order valence-corrected chi connectivity index (χ3v) is 4.77. The summed E-state index contributed by atoms with van der Waals surface area (Å²) >= 11 is 0. The summed E-state index contributed by atoms with van der Waals surface area (Å²) in [5.74, 6) is -0.0720. The van der Waals surface area contributed by atoms with E-state index in [1.807, 2.05) is 29.2 Å². The van der Waals surface area contributed by atoms with E-state index >= 15 is 0 Å². The van der Waals surface area contributed by atoms with E-state index in [-0.39, 0.29) is 18.3 Å². The fraction of sp³-hybridized carbons (Fsp3) is 0.364. The lowest BCUT2D eigenvalue weighted by Gasteiger charge is -2.29. The van der Waals surface area contributed by atoms with Gasteiger partial charge in [0.25, 0.3) is 5.91 Å². The topological polar surface area (TPSA) is 63.2 Å². The zero-order valence-electron chi connectivity index (χ0n) is 16.8. The van der Waals surface area contributed by atoms with E-state index in [4.69, 9.17) is 9.47 Å². The Labute approximate surface area is 170 Å². The van der Waals surface area contributed by atoms with Gasteiger partial charge in [0.1, 0.15) is 11.6 Å². The van der Waals surface area contributed by atoms with Crippen LogP contribution in [0.3, 0.4) is 0 Å². The van der Waals surface area contributed by atoms with Crippen LogP contribution in [0.5, 0.6) is 5.75 Å². The zero-order valence-corrected chi connectivity index (χ0v) is 16.8. The van der Waals surface area contributed by atoms with Gasteiger partial charge in [0, 0.05) is 18.7 Å². The van der Waals surface area contributed by atoms with Gasteiger partial charge in [-0.1, -0.05) is 25.1 Å². The van der Waals surface area contributed by atoms with Crippen LogP contribution in [0, 0.1) is 5.82 Å². The molecule has 7 heteroatoms. The fourth-order valence-electron chi connectivity index (χ4n) is 3.01.